The van der Waals surface area contributed by atoms with Crippen molar-refractivity contribution in [3.05, 3.63) is 50.2 Å². The molecule has 90 valence electrons. The number of hydrogen-bond donors (Lipinski definition) is 3. The van der Waals surface area contributed by atoms with Crippen molar-refractivity contribution in [3.63, 3.8) is 0 Å². The van der Waals surface area contributed by atoms with Crippen LogP contribution in [0.5, 0.6) is 0 Å². The Morgan fingerprint density at radius 2 is 1.82 bits per heavy atom. The van der Waals surface area contributed by atoms with Crippen LogP contribution in [0.4, 0.5) is 0 Å². The van der Waals surface area contributed by atoms with Gasteiger partial charge in [-0.15, -0.1) is 0 Å². The maximum atomic E-state index is 6.14. The number of aryl methyl sites for hydroxylation is 1. The molecule has 1 aromatic rings. The fourth-order valence-electron chi connectivity index (χ4n) is 0.913. The average molecular weight is 258 g/mol. The van der Waals surface area contributed by atoms with Gasteiger partial charge in [-0.2, -0.15) is 6.42 Å². The van der Waals surface area contributed by atoms with Crippen LogP contribution >= 0.6 is 0 Å². The Kier molecular flexibility index (Phi) is 20.5. The summed E-state index contributed by atoms with van der Waals surface area (Å²) < 4.78 is 0. The largest absolute Gasteiger partial charge is 1.00 e. The fourth-order valence-corrected chi connectivity index (χ4v) is 0.913. The average Bonchev–Trinajstić information content (AvgIpc) is 2.20. The van der Waals surface area contributed by atoms with E-state index >= 15 is 0 Å². The third kappa shape index (κ3) is 15.8. The Labute approximate surface area is 147 Å². The van der Waals surface area contributed by atoms with Crippen LogP contribution in [0.1, 0.15) is 12.0 Å². The van der Waals surface area contributed by atoms with Crippen molar-refractivity contribution in [2.75, 3.05) is 0 Å². The molecule has 17 heavy (non-hydrogen) atoms. The summed E-state index contributed by atoms with van der Waals surface area (Å²) in [5.74, 6) is -0.134. The minimum atomic E-state index is -0.134. The van der Waals surface area contributed by atoms with Crippen LogP contribution in [0.2, 0.25) is 0 Å². The third-order valence-electron chi connectivity index (χ3n) is 1.49. The van der Waals surface area contributed by atoms with E-state index in [4.69, 9.17) is 16.9 Å². The number of nitrogens with zero attached hydrogens (tertiary/aromatic N) is 1. The van der Waals surface area contributed by atoms with E-state index in [-0.39, 0.29) is 64.8 Å². The molecule has 0 aromatic heterocycles. The third-order valence-corrected chi connectivity index (χ3v) is 1.49. The predicted molar refractivity (Wildman–Crippen MR) is 70.1 cm³/mol. The molecule has 0 heterocycles. The normalized spacial score (nSPS) is 7.35. The Bertz CT molecular complexity index is 295. The summed E-state index contributed by atoms with van der Waals surface area (Å²) in [5, 5.41) is 6.14. The van der Waals surface area contributed by atoms with E-state index in [0.717, 1.165) is 12.8 Å². The summed E-state index contributed by atoms with van der Waals surface area (Å²) in [6.07, 6.45) is 3.74. The monoisotopic (exact) mass is 258 g/mol. The molecule has 0 aliphatic carbocycles. The fraction of sp³-hybridized carbons (Fsp3) is 0.167. The van der Waals surface area contributed by atoms with Gasteiger partial charge in [-0.25, -0.2) is 0 Å². The van der Waals surface area contributed by atoms with Crippen LogP contribution in [0.15, 0.2) is 35.3 Å². The summed E-state index contributed by atoms with van der Waals surface area (Å²) in [6, 6.07) is 10.4. The summed E-state index contributed by atoms with van der Waals surface area (Å²) in [7, 11) is 0. The molecule has 0 atom stereocenters. The van der Waals surface area contributed by atoms with Crippen molar-refractivity contribution >= 4 is 12.3 Å². The molecule has 0 aliphatic heterocycles. The van der Waals surface area contributed by atoms with E-state index in [0.29, 0.717) is 0 Å². The van der Waals surface area contributed by atoms with E-state index in [1.54, 1.807) is 6.34 Å². The molecular weight excluding hydrogens is 239 g/mol. The number of hydrogen-bond acceptors (Lipinski definition) is 1. The summed E-state index contributed by atoms with van der Waals surface area (Å²) in [4.78, 5) is 3.01. The van der Waals surface area contributed by atoms with E-state index in [9.17, 15) is 0 Å². The molecule has 0 bridgehead atoms. The van der Waals surface area contributed by atoms with Crippen LogP contribution in [0.25, 0.3) is 0 Å². The second kappa shape index (κ2) is 15.8. The van der Waals surface area contributed by atoms with Crippen molar-refractivity contribution in [1.82, 2.24) is 0 Å². The summed E-state index contributed by atoms with van der Waals surface area (Å²) in [5.41, 5.74) is 10.9. The molecule has 5 heteroatoms. The molecular formula is C12H19KN4-2. The molecule has 0 unspecified atom stereocenters. The van der Waals surface area contributed by atoms with Gasteiger partial charge in [0.15, 0.2) is 0 Å². The van der Waals surface area contributed by atoms with E-state index in [1.807, 2.05) is 6.07 Å². The molecule has 0 saturated carbocycles. The zero-order valence-corrected chi connectivity index (χ0v) is 13.7. The summed E-state index contributed by atoms with van der Waals surface area (Å²) >= 11 is 0. The second-order valence-electron chi connectivity index (χ2n) is 2.74. The van der Waals surface area contributed by atoms with Crippen LogP contribution in [0, 0.1) is 19.8 Å². The van der Waals surface area contributed by atoms with Crippen molar-refractivity contribution < 1.29 is 51.4 Å². The Morgan fingerprint density at radius 1 is 1.29 bits per heavy atom. The molecule has 4 nitrogen and oxygen atoms in total. The van der Waals surface area contributed by atoms with Gasteiger partial charge in [0, 0.05) is 5.96 Å². The molecule has 0 spiro atoms. The maximum Gasteiger partial charge on any atom is 1.00 e. The van der Waals surface area contributed by atoms with Crippen LogP contribution in [0.3, 0.4) is 0 Å². The predicted octanol–water partition coefficient (Wildman–Crippen LogP) is -1.35. The number of nitrogens with two attached hydrogens (primary N) is 2. The first-order valence-corrected chi connectivity index (χ1v) is 4.54. The first kappa shape index (κ1) is 22.0. The van der Waals surface area contributed by atoms with Gasteiger partial charge in [0.05, 0.1) is 0 Å². The zero-order chi connectivity index (χ0) is 11.5. The van der Waals surface area contributed by atoms with E-state index in [2.05, 4.69) is 36.2 Å². The first-order valence-electron chi connectivity index (χ1n) is 4.54. The Hall–Kier alpha value is -0.204. The smallest absolute Gasteiger partial charge is 0.447 e. The summed E-state index contributed by atoms with van der Waals surface area (Å²) in [6.45, 7) is 3.78. The van der Waals surface area contributed by atoms with Gasteiger partial charge in [0.2, 0.25) is 0 Å². The Balaban J connectivity index is -0.000000221. The topological polar surface area (TPSA) is 88.2 Å². The molecule has 1 rings (SSSR count). The zero-order valence-electron chi connectivity index (χ0n) is 10.6. The molecule has 0 saturated heterocycles. The molecule has 1 aromatic carbocycles. The van der Waals surface area contributed by atoms with E-state index in [1.165, 1.54) is 5.56 Å². The quantitative estimate of drug-likeness (QED) is 0.271. The van der Waals surface area contributed by atoms with Gasteiger partial charge in [-0.1, -0.05) is 48.7 Å². The molecule has 0 fully saturated rings. The van der Waals surface area contributed by atoms with Crippen LogP contribution in [-0.4, -0.2) is 12.3 Å². The molecule has 0 amide bonds. The van der Waals surface area contributed by atoms with Crippen molar-refractivity contribution in [3.8, 4) is 0 Å². The van der Waals surface area contributed by atoms with E-state index < -0.39 is 0 Å². The first-order chi connectivity index (χ1) is 7.20. The van der Waals surface area contributed by atoms with Gasteiger partial charge in [0.25, 0.3) is 0 Å². The Morgan fingerprint density at radius 3 is 2.12 bits per heavy atom. The minimum Gasteiger partial charge on any atom is -0.447 e. The number of aliphatic imine (C=N–C) groups is 1. The maximum absolute atomic E-state index is 6.14. The van der Waals surface area contributed by atoms with Crippen LogP contribution in [-0.2, 0) is 6.42 Å². The van der Waals surface area contributed by atoms with Crippen LogP contribution < -0.4 is 62.9 Å². The van der Waals surface area contributed by atoms with Crippen molar-refractivity contribution in [2.45, 2.75) is 12.8 Å². The number of guanidine groups is 1. The second-order valence-corrected chi connectivity index (χ2v) is 2.74. The van der Waals surface area contributed by atoms with Gasteiger partial charge >= 0.3 is 51.4 Å². The van der Waals surface area contributed by atoms with Gasteiger partial charge in [-0.05, 0) is 0 Å². The molecule has 0 radical (unpaired) electrons. The minimum absolute atomic E-state index is 0. The molecule has 0 aliphatic rings. The van der Waals surface area contributed by atoms with Gasteiger partial charge in [0.1, 0.15) is 0 Å². The van der Waals surface area contributed by atoms with Crippen molar-refractivity contribution in [1.29, 1.82) is 5.41 Å². The number of nitrogens with one attached hydrogen (secondary N) is 1. The number of rotatable bonds is 3. The SMILES string of the molecule is N=[C-]N=C(N)N.[CH2-]CCc1ccccc1.[CH3-].[K+]. The van der Waals surface area contributed by atoms with Crippen molar-refractivity contribution in [2.24, 2.45) is 16.5 Å². The number of benzene rings is 1. The molecule has 5 N–H and O–H groups in total. The van der Waals surface area contributed by atoms with Gasteiger partial charge < -0.3 is 36.2 Å². The van der Waals surface area contributed by atoms with Gasteiger partial charge in [-0.3, -0.25) is 0 Å². The standard InChI is InChI=1S/C9H11.C2H5N4.CH3.K/c1-2-6-9-7-4-3-5-8-9;3-1-6-2(4)5;;/h3-5,7-8H,1-2,6H2;(H5,3,4,5,6);1H3;/q3*-1;+1.